The molecule has 1 aromatic heterocycles. The largest absolute Gasteiger partial charge is 0.480 e. The van der Waals surface area contributed by atoms with E-state index in [4.69, 9.17) is 5.11 Å². The van der Waals surface area contributed by atoms with E-state index < -0.39 is 23.8 Å². The Morgan fingerprint density at radius 3 is 2.56 bits per heavy atom. The van der Waals surface area contributed by atoms with E-state index in [9.17, 15) is 14.4 Å². The van der Waals surface area contributed by atoms with Crippen molar-refractivity contribution in [3.05, 3.63) is 47.8 Å². The molecule has 0 aliphatic carbocycles. The van der Waals surface area contributed by atoms with Gasteiger partial charge in [-0.2, -0.15) is 5.10 Å². The molecular formula is C19H24N4O4. The van der Waals surface area contributed by atoms with E-state index in [1.54, 1.807) is 29.1 Å². The lowest BCUT2D eigenvalue weighted by Gasteiger charge is -2.16. The number of rotatable bonds is 8. The number of benzene rings is 1. The van der Waals surface area contributed by atoms with Gasteiger partial charge in [0.05, 0.1) is 12.2 Å². The molecule has 144 valence electrons. The summed E-state index contributed by atoms with van der Waals surface area (Å²) in [6.45, 7) is 5.32. The fourth-order valence-corrected chi connectivity index (χ4v) is 2.67. The number of hydrogen-bond donors (Lipinski definition) is 3. The minimum Gasteiger partial charge on any atom is -0.480 e. The lowest BCUT2D eigenvalue weighted by Crippen LogP contribution is -2.46. The maximum absolute atomic E-state index is 12.3. The van der Waals surface area contributed by atoms with Crippen molar-refractivity contribution in [3.63, 3.8) is 0 Å². The van der Waals surface area contributed by atoms with Crippen LogP contribution >= 0.6 is 0 Å². The summed E-state index contributed by atoms with van der Waals surface area (Å²) in [7, 11) is 0. The summed E-state index contributed by atoms with van der Waals surface area (Å²) >= 11 is 0. The SMILES string of the molecule is Cc1cc(C(=O)NCC(=O)N[C@@H](CC(C)C)C(=O)O)ccc1-n1cccn1. The molecule has 0 radical (unpaired) electrons. The van der Waals surface area contributed by atoms with Crippen LogP contribution in [0.1, 0.15) is 36.2 Å². The zero-order chi connectivity index (χ0) is 20.0. The van der Waals surface area contributed by atoms with Crippen molar-refractivity contribution in [2.45, 2.75) is 33.2 Å². The van der Waals surface area contributed by atoms with Crippen molar-refractivity contribution in [2.75, 3.05) is 6.54 Å². The quantitative estimate of drug-likeness (QED) is 0.650. The van der Waals surface area contributed by atoms with Crippen molar-refractivity contribution in [1.29, 1.82) is 0 Å². The van der Waals surface area contributed by atoms with Crippen LogP contribution in [-0.2, 0) is 9.59 Å². The lowest BCUT2D eigenvalue weighted by molar-refractivity contribution is -0.142. The summed E-state index contributed by atoms with van der Waals surface area (Å²) in [5, 5.41) is 18.3. The highest BCUT2D eigenvalue weighted by Crippen LogP contribution is 2.15. The highest BCUT2D eigenvalue weighted by molar-refractivity contribution is 5.97. The third-order valence-electron chi connectivity index (χ3n) is 3.96. The molecule has 1 atom stereocenters. The highest BCUT2D eigenvalue weighted by atomic mass is 16.4. The molecule has 0 aliphatic heterocycles. The van der Waals surface area contributed by atoms with Gasteiger partial charge in [-0.15, -0.1) is 0 Å². The predicted molar refractivity (Wildman–Crippen MR) is 99.7 cm³/mol. The summed E-state index contributed by atoms with van der Waals surface area (Å²) < 4.78 is 1.70. The van der Waals surface area contributed by atoms with Crippen molar-refractivity contribution in [1.82, 2.24) is 20.4 Å². The van der Waals surface area contributed by atoms with Gasteiger partial charge >= 0.3 is 5.97 Å². The number of amides is 2. The second kappa shape index (κ2) is 8.98. The van der Waals surface area contributed by atoms with Crippen molar-refractivity contribution >= 4 is 17.8 Å². The molecular weight excluding hydrogens is 348 g/mol. The van der Waals surface area contributed by atoms with Gasteiger partial charge in [-0.1, -0.05) is 13.8 Å². The molecule has 0 bridgehead atoms. The van der Waals surface area contributed by atoms with E-state index in [1.807, 2.05) is 33.0 Å². The fraction of sp³-hybridized carbons (Fsp3) is 0.368. The summed E-state index contributed by atoms with van der Waals surface area (Å²) in [6.07, 6.45) is 3.80. The van der Waals surface area contributed by atoms with Crippen molar-refractivity contribution in [2.24, 2.45) is 5.92 Å². The molecule has 1 aromatic carbocycles. The first kappa shape index (κ1) is 20.2. The summed E-state index contributed by atoms with van der Waals surface area (Å²) in [5.41, 5.74) is 2.12. The summed E-state index contributed by atoms with van der Waals surface area (Å²) in [4.78, 5) is 35.4. The molecule has 0 fully saturated rings. The summed E-state index contributed by atoms with van der Waals surface area (Å²) in [6, 6.07) is 5.98. The number of aryl methyl sites for hydroxylation is 1. The molecule has 8 heteroatoms. The van der Waals surface area contributed by atoms with Gasteiger partial charge in [0.15, 0.2) is 0 Å². The number of nitrogens with zero attached hydrogens (tertiary/aromatic N) is 2. The zero-order valence-electron chi connectivity index (χ0n) is 15.6. The fourth-order valence-electron chi connectivity index (χ4n) is 2.67. The second-order valence-corrected chi connectivity index (χ2v) is 6.72. The maximum atomic E-state index is 12.3. The molecule has 27 heavy (non-hydrogen) atoms. The topological polar surface area (TPSA) is 113 Å². The Kier molecular flexibility index (Phi) is 6.70. The summed E-state index contributed by atoms with van der Waals surface area (Å²) in [5.74, 6) is -1.91. The van der Waals surface area contributed by atoms with E-state index in [0.717, 1.165) is 11.3 Å². The van der Waals surface area contributed by atoms with Crippen LogP contribution in [0.2, 0.25) is 0 Å². The number of carbonyl (C=O) groups excluding carboxylic acids is 2. The Hall–Kier alpha value is -3.16. The molecule has 3 N–H and O–H groups in total. The molecule has 0 saturated carbocycles. The van der Waals surface area contributed by atoms with Gasteiger partial charge in [-0.25, -0.2) is 9.48 Å². The standard InChI is InChI=1S/C19H24N4O4/c1-12(2)9-15(19(26)27)22-17(24)11-20-18(25)14-5-6-16(13(3)10-14)23-8-4-7-21-23/h4-8,10,12,15H,9,11H2,1-3H3,(H,20,25)(H,22,24)(H,26,27)/t15-/m0/s1. The third kappa shape index (κ3) is 5.67. The van der Waals surface area contributed by atoms with E-state index in [1.165, 1.54) is 0 Å². The smallest absolute Gasteiger partial charge is 0.326 e. The van der Waals surface area contributed by atoms with Gasteiger partial charge in [0.25, 0.3) is 5.91 Å². The normalized spacial score (nSPS) is 11.9. The number of nitrogens with one attached hydrogen (secondary N) is 2. The molecule has 0 aliphatic rings. The zero-order valence-corrected chi connectivity index (χ0v) is 15.6. The van der Waals surface area contributed by atoms with E-state index in [-0.39, 0.29) is 12.5 Å². The van der Waals surface area contributed by atoms with Gasteiger partial charge in [0, 0.05) is 18.0 Å². The highest BCUT2D eigenvalue weighted by Gasteiger charge is 2.21. The Morgan fingerprint density at radius 2 is 2.00 bits per heavy atom. The van der Waals surface area contributed by atoms with Gasteiger partial charge in [0.2, 0.25) is 5.91 Å². The Balaban J connectivity index is 1.94. The van der Waals surface area contributed by atoms with Crippen molar-refractivity contribution in [3.8, 4) is 5.69 Å². The molecule has 8 nitrogen and oxygen atoms in total. The predicted octanol–water partition coefficient (Wildman–Crippen LogP) is 1.53. The van der Waals surface area contributed by atoms with Crippen LogP contribution in [0.15, 0.2) is 36.7 Å². The molecule has 1 heterocycles. The van der Waals surface area contributed by atoms with Gasteiger partial charge < -0.3 is 15.7 Å². The molecule has 2 amide bonds. The van der Waals surface area contributed by atoms with Gasteiger partial charge in [-0.3, -0.25) is 9.59 Å². The number of carboxylic acid groups (broad SMARTS) is 1. The monoisotopic (exact) mass is 372 g/mol. The molecule has 0 saturated heterocycles. The first-order valence-corrected chi connectivity index (χ1v) is 8.69. The minimum absolute atomic E-state index is 0.122. The first-order valence-electron chi connectivity index (χ1n) is 8.69. The van der Waals surface area contributed by atoms with Crippen LogP contribution in [-0.4, -0.2) is 45.3 Å². The lowest BCUT2D eigenvalue weighted by atomic mass is 10.0. The first-order chi connectivity index (χ1) is 12.8. The number of carboxylic acids is 1. The van der Waals surface area contributed by atoms with Crippen LogP contribution in [0.3, 0.4) is 0 Å². The Labute approximate surface area is 157 Å². The van der Waals surface area contributed by atoms with Gasteiger partial charge in [0.1, 0.15) is 6.04 Å². The van der Waals surface area contributed by atoms with Crippen LogP contribution in [0, 0.1) is 12.8 Å². The van der Waals surface area contributed by atoms with E-state index >= 15 is 0 Å². The van der Waals surface area contributed by atoms with E-state index in [2.05, 4.69) is 15.7 Å². The third-order valence-corrected chi connectivity index (χ3v) is 3.96. The van der Waals surface area contributed by atoms with Crippen LogP contribution in [0.25, 0.3) is 5.69 Å². The average Bonchev–Trinajstić information content (AvgIpc) is 3.12. The van der Waals surface area contributed by atoms with Gasteiger partial charge in [-0.05, 0) is 49.1 Å². The van der Waals surface area contributed by atoms with Crippen LogP contribution < -0.4 is 10.6 Å². The van der Waals surface area contributed by atoms with Crippen LogP contribution in [0.4, 0.5) is 0 Å². The number of aromatic nitrogens is 2. The molecule has 2 aromatic rings. The van der Waals surface area contributed by atoms with E-state index in [0.29, 0.717) is 12.0 Å². The van der Waals surface area contributed by atoms with Crippen LogP contribution in [0.5, 0.6) is 0 Å². The average molecular weight is 372 g/mol. The number of aliphatic carboxylic acids is 1. The Morgan fingerprint density at radius 1 is 1.26 bits per heavy atom. The minimum atomic E-state index is -1.09. The molecule has 0 unspecified atom stereocenters. The Bertz CT molecular complexity index is 815. The molecule has 0 spiro atoms. The number of carbonyl (C=O) groups is 3. The second-order valence-electron chi connectivity index (χ2n) is 6.72. The number of hydrogen-bond acceptors (Lipinski definition) is 4. The maximum Gasteiger partial charge on any atom is 0.326 e. The van der Waals surface area contributed by atoms with Crippen molar-refractivity contribution < 1.29 is 19.5 Å². The molecule has 2 rings (SSSR count).